The second-order valence-electron chi connectivity index (χ2n) is 5.78. The summed E-state index contributed by atoms with van der Waals surface area (Å²) < 4.78 is 0. The van der Waals surface area contributed by atoms with Crippen LogP contribution in [-0.2, 0) is 0 Å². The van der Waals surface area contributed by atoms with Gasteiger partial charge in [-0.25, -0.2) is 0 Å². The molecule has 0 saturated heterocycles. The van der Waals surface area contributed by atoms with Crippen molar-refractivity contribution < 1.29 is 19.5 Å². The van der Waals surface area contributed by atoms with Crippen molar-refractivity contribution in [3.63, 3.8) is 0 Å². The lowest BCUT2D eigenvalue weighted by atomic mass is 10.2. The molecular weight excluding hydrogens is 340 g/mol. The topological polar surface area (TPSA) is 146 Å². The number of carbonyl (C=O) groups is 3. The van der Waals surface area contributed by atoms with Gasteiger partial charge in [-0.1, -0.05) is 0 Å². The van der Waals surface area contributed by atoms with Crippen LogP contribution in [0.15, 0.2) is 18.3 Å². The fourth-order valence-electron chi connectivity index (χ4n) is 2.13. The Morgan fingerprint density at radius 1 is 1.15 bits per heavy atom. The fraction of sp³-hybridized carbons (Fsp3) is 0.312. The van der Waals surface area contributed by atoms with E-state index >= 15 is 0 Å². The Bertz CT molecular complexity index is 830. The molecule has 2 rings (SSSR count). The number of aromatic hydroxyl groups is 1. The van der Waals surface area contributed by atoms with E-state index in [1.165, 1.54) is 28.1 Å². The van der Waals surface area contributed by atoms with Crippen molar-refractivity contribution in [2.24, 2.45) is 5.73 Å². The Balaban J connectivity index is 1.95. The van der Waals surface area contributed by atoms with Gasteiger partial charge >= 0.3 is 0 Å². The van der Waals surface area contributed by atoms with Gasteiger partial charge in [0.05, 0.1) is 5.56 Å². The Labute approximate surface area is 149 Å². The van der Waals surface area contributed by atoms with Crippen molar-refractivity contribution in [3.05, 3.63) is 41.0 Å². The zero-order valence-electron chi connectivity index (χ0n) is 14.7. The van der Waals surface area contributed by atoms with E-state index in [9.17, 15) is 19.5 Å². The number of pyridine rings is 1. The Morgan fingerprint density at radius 2 is 1.77 bits per heavy atom. The molecule has 0 aliphatic carbocycles. The van der Waals surface area contributed by atoms with E-state index in [0.717, 1.165) is 0 Å². The smallest absolute Gasteiger partial charge is 0.275 e. The molecule has 138 valence electrons. The van der Waals surface area contributed by atoms with E-state index < -0.39 is 11.8 Å². The highest BCUT2D eigenvalue weighted by atomic mass is 16.3. The molecular formula is C16H20N6O4. The number of hydrogen-bond acceptors (Lipinski definition) is 6. The lowest BCUT2D eigenvalue weighted by molar-refractivity contribution is 0.0711. The van der Waals surface area contributed by atoms with E-state index in [-0.39, 0.29) is 41.7 Å². The zero-order valence-corrected chi connectivity index (χ0v) is 14.7. The first-order valence-corrected chi connectivity index (χ1v) is 7.73. The van der Waals surface area contributed by atoms with Crippen molar-refractivity contribution in [1.82, 2.24) is 25.0 Å². The van der Waals surface area contributed by atoms with Crippen LogP contribution in [0, 0.1) is 6.92 Å². The summed E-state index contributed by atoms with van der Waals surface area (Å²) in [7, 11) is 3.12. The van der Waals surface area contributed by atoms with Crippen LogP contribution in [0.5, 0.6) is 5.75 Å². The summed E-state index contributed by atoms with van der Waals surface area (Å²) in [4.78, 5) is 42.3. The van der Waals surface area contributed by atoms with E-state index in [4.69, 9.17) is 5.73 Å². The number of rotatable bonds is 6. The molecule has 10 heteroatoms. The first-order valence-electron chi connectivity index (χ1n) is 7.73. The highest BCUT2D eigenvalue weighted by Crippen LogP contribution is 2.19. The second kappa shape index (κ2) is 7.64. The molecule has 0 aliphatic heterocycles. The third kappa shape index (κ3) is 3.97. The minimum atomic E-state index is -0.623. The molecule has 2 aromatic rings. The summed E-state index contributed by atoms with van der Waals surface area (Å²) in [5, 5.41) is 16.0. The van der Waals surface area contributed by atoms with Crippen LogP contribution in [0.3, 0.4) is 0 Å². The zero-order chi connectivity index (χ0) is 19.4. The van der Waals surface area contributed by atoms with Crippen molar-refractivity contribution in [1.29, 1.82) is 0 Å². The molecule has 0 saturated carbocycles. The van der Waals surface area contributed by atoms with Crippen LogP contribution in [-0.4, -0.2) is 75.0 Å². The van der Waals surface area contributed by atoms with Crippen molar-refractivity contribution in [3.8, 4) is 5.75 Å². The molecule has 2 aromatic heterocycles. The summed E-state index contributed by atoms with van der Waals surface area (Å²) in [5.74, 6) is -1.61. The molecule has 0 aliphatic rings. The number of hydrogen-bond donors (Lipinski definition) is 3. The van der Waals surface area contributed by atoms with E-state index in [0.29, 0.717) is 5.69 Å². The Morgan fingerprint density at radius 3 is 2.23 bits per heavy atom. The number of aryl methyl sites for hydroxylation is 1. The predicted octanol–water partition coefficient (Wildman–Crippen LogP) is -0.238. The number of nitrogens with one attached hydrogen (secondary N) is 1. The number of nitrogens with two attached hydrogens (primary N) is 1. The van der Waals surface area contributed by atoms with Crippen molar-refractivity contribution in [2.45, 2.75) is 6.92 Å². The molecule has 4 N–H and O–H groups in total. The van der Waals surface area contributed by atoms with Gasteiger partial charge in [0.2, 0.25) is 5.91 Å². The summed E-state index contributed by atoms with van der Waals surface area (Å²) in [6.45, 7) is 2.05. The lowest BCUT2D eigenvalue weighted by Gasteiger charge is -2.22. The Hall–Kier alpha value is -3.43. The van der Waals surface area contributed by atoms with Gasteiger partial charge in [0.15, 0.2) is 11.4 Å². The first-order chi connectivity index (χ1) is 12.2. The van der Waals surface area contributed by atoms with Gasteiger partial charge in [-0.3, -0.25) is 24.5 Å². The number of H-pyrrole nitrogens is 1. The quantitative estimate of drug-likeness (QED) is 0.648. The normalized spacial score (nSPS) is 10.4. The van der Waals surface area contributed by atoms with Crippen LogP contribution in [0.2, 0.25) is 0 Å². The monoisotopic (exact) mass is 360 g/mol. The average Bonchev–Trinajstić information content (AvgIpc) is 2.97. The highest BCUT2D eigenvalue weighted by Gasteiger charge is 2.21. The number of carbonyl (C=O) groups excluding carboxylic acids is 3. The Kier molecular flexibility index (Phi) is 5.55. The van der Waals surface area contributed by atoms with Crippen LogP contribution in [0.4, 0.5) is 0 Å². The van der Waals surface area contributed by atoms with E-state index in [2.05, 4.69) is 15.2 Å². The SMILES string of the molecule is Cc1n[nH]c(C(=O)N(C)CCN(C)C(=O)c2ccc(C(N)=O)cn2)c1O. The number of amides is 3. The lowest BCUT2D eigenvalue weighted by Crippen LogP contribution is -2.37. The van der Waals surface area contributed by atoms with Crippen molar-refractivity contribution >= 4 is 17.7 Å². The number of aromatic nitrogens is 3. The molecule has 3 amide bonds. The average molecular weight is 360 g/mol. The van der Waals surface area contributed by atoms with Gasteiger partial charge in [0, 0.05) is 33.4 Å². The van der Waals surface area contributed by atoms with Crippen LogP contribution < -0.4 is 5.73 Å². The van der Waals surface area contributed by atoms with Crippen LogP contribution >= 0.6 is 0 Å². The molecule has 0 unspecified atom stereocenters. The van der Waals surface area contributed by atoms with Gasteiger partial charge in [-0.2, -0.15) is 5.10 Å². The maximum atomic E-state index is 12.3. The maximum Gasteiger partial charge on any atom is 0.275 e. The third-order valence-corrected chi connectivity index (χ3v) is 3.86. The van der Waals surface area contributed by atoms with Gasteiger partial charge < -0.3 is 20.6 Å². The minimum Gasteiger partial charge on any atom is -0.504 e. The molecule has 10 nitrogen and oxygen atoms in total. The van der Waals surface area contributed by atoms with Crippen molar-refractivity contribution in [2.75, 3.05) is 27.2 Å². The van der Waals surface area contributed by atoms with Gasteiger partial charge in [0.1, 0.15) is 11.4 Å². The number of primary amides is 1. The van der Waals surface area contributed by atoms with E-state index in [1.54, 1.807) is 21.0 Å². The summed E-state index contributed by atoms with van der Waals surface area (Å²) in [5.41, 5.74) is 5.84. The number of nitrogens with zero attached hydrogens (tertiary/aromatic N) is 4. The molecule has 0 radical (unpaired) electrons. The van der Waals surface area contributed by atoms with Gasteiger partial charge in [0.25, 0.3) is 11.8 Å². The molecule has 0 spiro atoms. The number of aromatic amines is 1. The van der Waals surface area contributed by atoms with Crippen LogP contribution in [0.25, 0.3) is 0 Å². The molecule has 2 heterocycles. The number of likely N-dealkylation sites (N-methyl/N-ethyl adjacent to an activating group) is 2. The molecule has 0 bridgehead atoms. The fourth-order valence-corrected chi connectivity index (χ4v) is 2.13. The maximum absolute atomic E-state index is 12.3. The minimum absolute atomic E-state index is 0.00249. The van der Waals surface area contributed by atoms with Gasteiger partial charge in [-0.05, 0) is 19.1 Å². The molecule has 0 fully saturated rings. The molecule has 0 atom stereocenters. The van der Waals surface area contributed by atoms with E-state index in [1.807, 2.05) is 0 Å². The molecule has 26 heavy (non-hydrogen) atoms. The second-order valence-corrected chi connectivity index (χ2v) is 5.78. The van der Waals surface area contributed by atoms with Gasteiger partial charge in [-0.15, -0.1) is 0 Å². The highest BCUT2D eigenvalue weighted by molar-refractivity contribution is 5.96. The van der Waals surface area contributed by atoms with Crippen LogP contribution in [0.1, 0.15) is 37.0 Å². The predicted molar refractivity (Wildman–Crippen MR) is 91.7 cm³/mol. The third-order valence-electron chi connectivity index (χ3n) is 3.86. The largest absolute Gasteiger partial charge is 0.504 e. The summed E-state index contributed by atoms with van der Waals surface area (Å²) >= 11 is 0. The summed E-state index contributed by atoms with van der Waals surface area (Å²) in [6.07, 6.45) is 1.24. The summed E-state index contributed by atoms with van der Waals surface area (Å²) in [6, 6.07) is 2.84. The standard InChI is InChI=1S/C16H20N6O4/c1-9-13(23)12(20-19-9)16(26)22(3)7-6-21(2)15(25)11-5-4-10(8-18-11)14(17)24/h4-5,8,23H,6-7H2,1-3H3,(H2,17,24)(H,19,20). The first kappa shape index (κ1) is 18.9. The molecule has 0 aromatic carbocycles.